The fourth-order valence-corrected chi connectivity index (χ4v) is 1.73. The molecular weight excluding hydrogens is 276 g/mol. The van der Waals surface area contributed by atoms with Gasteiger partial charge in [-0.25, -0.2) is 8.78 Å². The van der Waals surface area contributed by atoms with E-state index in [9.17, 15) is 13.6 Å². The maximum Gasteiger partial charge on any atom is 0.174 e. The molecule has 0 aromatic heterocycles. The molecule has 0 saturated heterocycles. The minimum Gasteiger partial charge on any atom is -0.483 e. The zero-order valence-corrected chi connectivity index (χ0v) is 11.0. The molecule has 0 radical (unpaired) electrons. The number of halogens is 2. The molecule has 0 heterocycles. The van der Waals surface area contributed by atoms with Crippen LogP contribution in [0.3, 0.4) is 0 Å². The van der Waals surface area contributed by atoms with Crippen molar-refractivity contribution >= 4 is 5.78 Å². The summed E-state index contributed by atoms with van der Waals surface area (Å²) in [6, 6.07) is 11.1. The summed E-state index contributed by atoms with van der Waals surface area (Å²) in [5.74, 6) is -1.41. The number of ketones is 1. The fourth-order valence-electron chi connectivity index (χ4n) is 1.73. The van der Waals surface area contributed by atoms with Crippen LogP contribution in [0.25, 0.3) is 0 Å². The quantitative estimate of drug-likeness (QED) is 0.849. The number of hydrogen-bond acceptors (Lipinski definition) is 3. The average molecular weight is 287 g/mol. The van der Waals surface area contributed by atoms with Gasteiger partial charge in [-0.3, -0.25) is 4.79 Å². The number of nitrogens with zero attached hydrogens (tertiary/aromatic N) is 1. The molecule has 2 aromatic rings. The molecule has 0 N–H and O–H groups in total. The van der Waals surface area contributed by atoms with Crippen molar-refractivity contribution in [1.29, 1.82) is 5.26 Å². The van der Waals surface area contributed by atoms with Crippen LogP contribution in [0.2, 0.25) is 0 Å². The van der Waals surface area contributed by atoms with Gasteiger partial charge < -0.3 is 4.74 Å². The third-order valence-corrected chi connectivity index (χ3v) is 2.76. The molecule has 3 nitrogen and oxygen atoms in total. The van der Waals surface area contributed by atoms with E-state index in [1.165, 1.54) is 36.4 Å². The van der Waals surface area contributed by atoms with E-state index >= 15 is 0 Å². The lowest BCUT2D eigenvalue weighted by Gasteiger charge is -2.07. The number of Topliss-reactive ketones (excluding diaryl/α,β-unsaturated/α-hetero) is 1. The lowest BCUT2D eigenvalue weighted by Crippen LogP contribution is -2.14. The molecule has 0 spiro atoms. The van der Waals surface area contributed by atoms with Crippen LogP contribution >= 0.6 is 0 Å². The predicted octanol–water partition coefficient (Wildman–Crippen LogP) is 3.03. The Morgan fingerprint density at radius 1 is 1.14 bits per heavy atom. The van der Waals surface area contributed by atoms with Gasteiger partial charge in [0.1, 0.15) is 12.4 Å². The van der Waals surface area contributed by atoms with Crippen molar-refractivity contribution in [3.63, 3.8) is 0 Å². The van der Waals surface area contributed by atoms with Crippen LogP contribution in [0.4, 0.5) is 8.78 Å². The third-order valence-electron chi connectivity index (χ3n) is 2.76. The van der Waals surface area contributed by atoms with Gasteiger partial charge in [-0.2, -0.15) is 5.26 Å². The molecule has 0 aliphatic rings. The van der Waals surface area contributed by atoms with Crippen LogP contribution in [0.15, 0.2) is 42.5 Å². The summed E-state index contributed by atoms with van der Waals surface area (Å²) >= 11 is 0. The molecule has 5 heteroatoms. The molecule has 0 amide bonds. The van der Waals surface area contributed by atoms with Crippen LogP contribution in [-0.2, 0) is 11.2 Å². The van der Waals surface area contributed by atoms with Crippen molar-refractivity contribution in [3.8, 4) is 11.8 Å². The maximum absolute atomic E-state index is 13.5. The standard InChI is InChI=1S/C16H11F2NO2/c17-13-4-1-11(2-5-13)7-14(20)10-21-16-6-3-12(9-19)8-15(16)18/h1-6,8H,7,10H2. The van der Waals surface area contributed by atoms with Crippen molar-refractivity contribution < 1.29 is 18.3 Å². The van der Waals surface area contributed by atoms with Gasteiger partial charge in [0.2, 0.25) is 0 Å². The number of carbonyl (C=O) groups excluding carboxylic acids is 1. The van der Waals surface area contributed by atoms with Gasteiger partial charge in [0.25, 0.3) is 0 Å². The Kier molecular flexibility index (Phi) is 4.62. The molecule has 0 unspecified atom stereocenters. The van der Waals surface area contributed by atoms with Gasteiger partial charge in [0.15, 0.2) is 17.3 Å². The van der Waals surface area contributed by atoms with Crippen LogP contribution in [0, 0.1) is 23.0 Å². The van der Waals surface area contributed by atoms with E-state index < -0.39 is 5.82 Å². The first-order chi connectivity index (χ1) is 10.1. The number of rotatable bonds is 5. The first-order valence-corrected chi connectivity index (χ1v) is 6.17. The van der Waals surface area contributed by atoms with Gasteiger partial charge in [-0.15, -0.1) is 0 Å². The largest absolute Gasteiger partial charge is 0.483 e. The lowest BCUT2D eigenvalue weighted by atomic mass is 10.1. The second-order valence-electron chi connectivity index (χ2n) is 4.39. The molecule has 106 valence electrons. The Bertz CT molecular complexity index is 690. The molecule has 0 fully saturated rings. The molecule has 0 saturated carbocycles. The molecule has 2 rings (SSSR count). The molecule has 0 atom stereocenters. The predicted molar refractivity (Wildman–Crippen MR) is 71.7 cm³/mol. The second-order valence-corrected chi connectivity index (χ2v) is 4.39. The molecule has 0 aliphatic carbocycles. The Morgan fingerprint density at radius 2 is 1.86 bits per heavy atom. The zero-order chi connectivity index (χ0) is 15.2. The van der Waals surface area contributed by atoms with Gasteiger partial charge in [0.05, 0.1) is 11.6 Å². The van der Waals surface area contributed by atoms with E-state index in [1.54, 1.807) is 6.07 Å². The number of hydrogen-bond donors (Lipinski definition) is 0. The SMILES string of the molecule is N#Cc1ccc(OCC(=O)Cc2ccc(F)cc2)c(F)c1. The number of benzene rings is 2. The summed E-state index contributed by atoms with van der Waals surface area (Å²) in [6.07, 6.45) is 0.0815. The Morgan fingerprint density at radius 3 is 2.48 bits per heavy atom. The number of carbonyl (C=O) groups is 1. The molecule has 2 aromatic carbocycles. The average Bonchev–Trinajstić information content (AvgIpc) is 2.48. The van der Waals surface area contributed by atoms with Crippen molar-refractivity contribution in [2.24, 2.45) is 0 Å². The first-order valence-electron chi connectivity index (χ1n) is 6.17. The summed E-state index contributed by atoms with van der Waals surface area (Å²) in [7, 11) is 0. The topological polar surface area (TPSA) is 50.1 Å². The van der Waals surface area contributed by atoms with Crippen LogP contribution in [0.1, 0.15) is 11.1 Å². The van der Waals surface area contributed by atoms with Crippen molar-refractivity contribution in [2.45, 2.75) is 6.42 Å². The van der Waals surface area contributed by atoms with E-state index in [1.807, 2.05) is 0 Å². The zero-order valence-electron chi connectivity index (χ0n) is 11.0. The van der Waals surface area contributed by atoms with Crippen molar-refractivity contribution in [2.75, 3.05) is 6.61 Å². The van der Waals surface area contributed by atoms with E-state index in [2.05, 4.69) is 0 Å². The van der Waals surface area contributed by atoms with Gasteiger partial charge in [-0.1, -0.05) is 12.1 Å². The summed E-state index contributed by atoms with van der Waals surface area (Å²) in [5, 5.41) is 8.62. The van der Waals surface area contributed by atoms with Crippen LogP contribution in [-0.4, -0.2) is 12.4 Å². The van der Waals surface area contributed by atoms with E-state index in [0.29, 0.717) is 5.56 Å². The first kappa shape index (κ1) is 14.7. The maximum atomic E-state index is 13.5. The summed E-state index contributed by atoms with van der Waals surface area (Å²) < 4.78 is 31.3. The van der Waals surface area contributed by atoms with Crippen LogP contribution < -0.4 is 4.74 Å². The van der Waals surface area contributed by atoms with E-state index in [4.69, 9.17) is 10.00 Å². The molecule has 21 heavy (non-hydrogen) atoms. The summed E-state index contributed by atoms with van der Waals surface area (Å²) in [4.78, 5) is 11.7. The van der Waals surface area contributed by atoms with Crippen molar-refractivity contribution in [3.05, 3.63) is 65.2 Å². The molecular formula is C16H11F2NO2. The van der Waals surface area contributed by atoms with E-state index in [0.717, 1.165) is 6.07 Å². The lowest BCUT2D eigenvalue weighted by molar-refractivity contribution is -0.120. The molecule has 0 bridgehead atoms. The monoisotopic (exact) mass is 287 g/mol. The van der Waals surface area contributed by atoms with Crippen molar-refractivity contribution in [1.82, 2.24) is 0 Å². The fraction of sp³-hybridized carbons (Fsp3) is 0.125. The minimum atomic E-state index is -0.691. The highest BCUT2D eigenvalue weighted by atomic mass is 19.1. The summed E-state index contributed by atoms with van der Waals surface area (Å²) in [5.41, 5.74) is 0.836. The highest BCUT2D eigenvalue weighted by Crippen LogP contribution is 2.18. The normalized spacial score (nSPS) is 9.95. The Balaban J connectivity index is 1.92. The van der Waals surface area contributed by atoms with Gasteiger partial charge in [0, 0.05) is 6.42 Å². The van der Waals surface area contributed by atoms with Gasteiger partial charge in [-0.05, 0) is 35.9 Å². The Hall–Kier alpha value is -2.74. The highest BCUT2D eigenvalue weighted by molar-refractivity contribution is 5.82. The molecule has 0 aliphatic heterocycles. The summed E-state index contributed by atoms with van der Waals surface area (Å²) in [6.45, 7) is -0.291. The number of nitriles is 1. The number of ether oxygens (including phenoxy) is 1. The third kappa shape index (κ3) is 4.11. The highest BCUT2D eigenvalue weighted by Gasteiger charge is 2.09. The van der Waals surface area contributed by atoms with Gasteiger partial charge >= 0.3 is 0 Å². The van der Waals surface area contributed by atoms with E-state index in [-0.39, 0.29) is 35.9 Å². The smallest absolute Gasteiger partial charge is 0.174 e. The second kappa shape index (κ2) is 6.62. The Labute approximate surface area is 120 Å². The van der Waals surface area contributed by atoms with Crippen LogP contribution in [0.5, 0.6) is 5.75 Å². The minimum absolute atomic E-state index is 0.0815.